The average Bonchev–Trinajstić information content (AvgIpc) is 3.34. The first kappa shape index (κ1) is 20.4. The van der Waals surface area contributed by atoms with Gasteiger partial charge in [-0.05, 0) is 81.6 Å². The molecule has 0 aliphatic rings. The third-order valence-electron chi connectivity index (χ3n) is 7.64. The van der Waals surface area contributed by atoms with Crippen molar-refractivity contribution in [3.05, 3.63) is 72.6 Å². The molecule has 0 fully saturated rings. The van der Waals surface area contributed by atoms with Crippen LogP contribution in [0.4, 0.5) is 0 Å². The third kappa shape index (κ3) is 3.31. The fourth-order valence-electron chi connectivity index (χ4n) is 5.68. The smallest absolute Gasteiger partial charge is 0.0486 e. The molecule has 0 aliphatic heterocycles. The van der Waals surface area contributed by atoms with Crippen LogP contribution in [0.1, 0.15) is 44.7 Å². The first-order chi connectivity index (χ1) is 16.1. The minimum absolute atomic E-state index is 1.17. The van der Waals surface area contributed by atoms with Crippen LogP contribution in [0.3, 0.4) is 0 Å². The predicted molar refractivity (Wildman–Crippen MR) is 144 cm³/mol. The van der Waals surface area contributed by atoms with Gasteiger partial charge in [-0.3, -0.25) is 0 Å². The molecule has 0 bridgehead atoms. The Kier molecular flexibility index (Phi) is 4.90. The highest BCUT2D eigenvalue weighted by atomic mass is 14.9. The number of hydrogen-bond acceptors (Lipinski definition) is 0. The maximum atomic E-state index is 2.42. The van der Waals surface area contributed by atoms with Gasteiger partial charge in [-0.2, -0.15) is 0 Å². The fraction of sp³-hybridized carbons (Fsp3) is 0.290. The number of unbranched alkanes of at least 4 members (excludes halogenated alkanes) is 4. The van der Waals surface area contributed by atoms with Gasteiger partial charge >= 0.3 is 0 Å². The second kappa shape index (κ2) is 7.95. The van der Waals surface area contributed by atoms with Crippen molar-refractivity contribution in [1.82, 2.24) is 9.13 Å². The topological polar surface area (TPSA) is 9.86 Å². The fourth-order valence-corrected chi connectivity index (χ4v) is 5.68. The van der Waals surface area contributed by atoms with Gasteiger partial charge in [0, 0.05) is 47.8 Å². The van der Waals surface area contributed by atoms with E-state index < -0.39 is 0 Å². The first-order valence-corrected chi connectivity index (χ1v) is 12.5. The lowest BCUT2D eigenvalue weighted by molar-refractivity contribution is 0.622. The van der Waals surface area contributed by atoms with Crippen molar-refractivity contribution >= 4 is 54.1 Å². The lowest BCUT2D eigenvalue weighted by atomic mass is 9.95. The molecule has 6 rings (SSSR count). The summed E-state index contributed by atoms with van der Waals surface area (Å²) >= 11 is 0. The highest BCUT2D eigenvalue weighted by Crippen LogP contribution is 2.36. The van der Waals surface area contributed by atoms with Crippen molar-refractivity contribution < 1.29 is 0 Å². The summed E-state index contributed by atoms with van der Waals surface area (Å²) in [4.78, 5) is 0. The van der Waals surface area contributed by atoms with E-state index in [9.17, 15) is 0 Å². The molecular weight excluding hydrogens is 400 g/mol. The maximum Gasteiger partial charge on any atom is 0.0486 e. The van der Waals surface area contributed by atoms with Crippen LogP contribution in [-0.2, 0) is 20.5 Å². The molecule has 0 unspecified atom stereocenters. The van der Waals surface area contributed by atoms with E-state index in [1.54, 1.807) is 0 Å². The van der Waals surface area contributed by atoms with Gasteiger partial charge in [-0.15, -0.1) is 0 Å². The van der Waals surface area contributed by atoms with Gasteiger partial charge in [0.25, 0.3) is 0 Å². The molecule has 0 saturated carbocycles. The standard InChI is InChI=1S/C31H32N2/c1-4-5-6-7-8-9-25-16-24-18-29-22(20-31(24)33(25)3)11-13-26-27(29)12-10-21-19-30-23(17-28(21)26)14-15-32(30)2/h10-20H,4-9H2,1-3H3. The van der Waals surface area contributed by atoms with Crippen molar-refractivity contribution in [1.29, 1.82) is 0 Å². The van der Waals surface area contributed by atoms with E-state index in [0.29, 0.717) is 0 Å². The molecular formula is C31H32N2. The van der Waals surface area contributed by atoms with Crippen LogP contribution < -0.4 is 0 Å². The van der Waals surface area contributed by atoms with Gasteiger partial charge in [0.1, 0.15) is 0 Å². The summed E-state index contributed by atoms with van der Waals surface area (Å²) in [5, 5.41) is 10.7. The zero-order valence-electron chi connectivity index (χ0n) is 20.0. The Morgan fingerprint density at radius 3 is 1.97 bits per heavy atom. The molecule has 0 radical (unpaired) electrons. The van der Waals surface area contributed by atoms with Crippen molar-refractivity contribution in [2.45, 2.75) is 45.4 Å². The zero-order valence-corrected chi connectivity index (χ0v) is 20.0. The summed E-state index contributed by atoms with van der Waals surface area (Å²) in [5.74, 6) is 0. The second-order valence-corrected chi connectivity index (χ2v) is 9.78. The van der Waals surface area contributed by atoms with Crippen molar-refractivity contribution in [2.24, 2.45) is 14.1 Å². The summed E-state index contributed by atoms with van der Waals surface area (Å²) < 4.78 is 4.61. The zero-order chi connectivity index (χ0) is 22.5. The molecule has 2 heterocycles. The van der Waals surface area contributed by atoms with Crippen LogP contribution in [0, 0.1) is 0 Å². The number of fused-ring (bicyclic) bond motifs is 7. The van der Waals surface area contributed by atoms with Crippen molar-refractivity contribution in [2.75, 3.05) is 0 Å². The summed E-state index contributed by atoms with van der Waals surface area (Å²) in [6.07, 6.45) is 9.96. The number of benzene rings is 4. The predicted octanol–water partition coefficient (Wildman–Crippen LogP) is 8.64. The molecule has 0 amide bonds. The van der Waals surface area contributed by atoms with Crippen LogP contribution in [-0.4, -0.2) is 9.13 Å². The number of aromatic nitrogens is 2. The third-order valence-corrected chi connectivity index (χ3v) is 7.64. The minimum atomic E-state index is 1.17. The summed E-state index contributed by atoms with van der Waals surface area (Å²) in [6.45, 7) is 2.28. The van der Waals surface area contributed by atoms with Gasteiger partial charge < -0.3 is 9.13 Å². The van der Waals surface area contributed by atoms with Gasteiger partial charge in [0.05, 0.1) is 0 Å². The van der Waals surface area contributed by atoms with Crippen LogP contribution in [0.5, 0.6) is 0 Å². The Bertz CT molecular complexity index is 1640. The van der Waals surface area contributed by atoms with Crippen LogP contribution in [0.15, 0.2) is 66.9 Å². The molecule has 0 aliphatic carbocycles. The SMILES string of the molecule is CCCCCCCc1cc2cc3c(ccc4c5cc6ccn(C)c6cc5ccc34)cc2n1C. The maximum absolute atomic E-state index is 2.42. The number of aryl methyl sites for hydroxylation is 3. The van der Waals surface area contributed by atoms with E-state index >= 15 is 0 Å². The van der Waals surface area contributed by atoms with E-state index in [4.69, 9.17) is 0 Å². The Morgan fingerprint density at radius 1 is 0.576 bits per heavy atom. The molecule has 2 heteroatoms. The molecule has 4 aromatic carbocycles. The summed E-state index contributed by atoms with van der Waals surface area (Å²) in [6, 6.07) is 23.3. The van der Waals surface area contributed by atoms with Gasteiger partial charge in [-0.1, -0.05) is 56.9 Å². The Balaban J connectivity index is 1.48. The monoisotopic (exact) mass is 432 g/mol. The first-order valence-electron chi connectivity index (χ1n) is 12.5. The second-order valence-electron chi connectivity index (χ2n) is 9.78. The molecule has 166 valence electrons. The molecule has 6 aromatic rings. The molecule has 0 spiro atoms. The highest BCUT2D eigenvalue weighted by molar-refractivity contribution is 6.20. The molecule has 0 atom stereocenters. The summed E-state index contributed by atoms with van der Waals surface area (Å²) in [5.41, 5.74) is 4.09. The summed E-state index contributed by atoms with van der Waals surface area (Å²) in [7, 11) is 4.35. The van der Waals surface area contributed by atoms with Crippen LogP contribution in [0.2, 0.25) is 0 Å². The molecule has 0 saturated heterocycles. The number of hydrogen-bond donors (Lipinski definition) is 0. The van der Waals surface area contributed by atoms with Gasteiger partial charge in [-0.25, -0.2) is 0 Å². The molecule has 0 N–H and O–H groups in total. The average molecular weight is 433 g/mol. The number of nitrogens with zero attached hydrogens (tertiary/aromatic N) is 2. The quantitative estimate of drug-likeness (QED) is 0.184. The largest absolute Gasteiger partial charge is 0.351 e. The van der Waals surface area contributed by atoms with E-state index in [2.05, 4.69) is 97.0 Å². The van der Waals surface area contributed by atoms with E-state index in [-0.39, 0.29) is 0 Å². The minimum Gasteiger partial charge on any atom is -0.351 e. The van der Waals surface area contributed by atoms with Crippen molar-refractivity contribution in [3.63, 3.8) is 0 Å². The van der Waals surface area contributed by atoms with E-state index in [0.717, 1.165) is 0 Å². The van der Waals surface area contributed by atoms with E-state index in [1.165, 1.54) is 98.3 Å². The van der Waals surface area contributed by atoms with Crippen LogP contribution >= 0.6 is 0 Å². The van der Waals surface area contributed by atoms with Gasteiger partial charge in [0.15, 0.2) is 0 Å². The molecule has 2 nitrogen and oxygen atoms in total. The van der Waals surface area contributed by atoms with Crippen molar-refractivity contribution in [3.8, 4) is 0 Å². The number of rotatable bonds is 6. The van der Waals surface area contributed by atoms with Crippen LogP contribution in [0.25, 0.3) is 54.1 Å². The Hall–Kier alpha value is -3.26. The normalized spacial score (nSPS) is 12.2. The highest BCUT2D eigenvalue weighted by Gasteiger charge is 2.11. The molecule has 33 heavy (non-hydrogen) atoms. The molecule has 2 aromatic heterocycles. The Labute approximate surface area is 195 Å². The lowest BCUT2D eigenvalue weighted by Crippen LogP contribution is -1.96. The lowest BCUT2D eigenvalue weighted by Gasteiger charge is -2.10. The van der Waals surface area contributed by atoms with Gasteiger partial charge in [0.2, 0.25) is 0 Å². The van der Waals surface area contributed by atoms with E-state index in [1.807, 2.05) is 0 Å². The Morgan fingerprint density at radius 2 is 1.24 bits per heavy atom.